The fourth-order valence-electron chi connectivity index (χ4n) is 7.49. The second-order valence-corrected chi connectivity index (χ2v) is 9.01. The first kappa shape index (κ1) is 16.4. The van der Waals surface area contributed by atoms with Crippen LogP contribution >= 0.6 is 0 Å². The quantitative estimate of drug-likeness (QED) is 0.386. The Balaban J connectivity index is 1.71. The summed E-state index contributed by atoms with van der Waals surface area (Å²) in [6, 6.07) is 0. The summed E-state index contributed by atoms with van der Waals surface area (Å²) in [4.78, 5) is 0. The molecular formula is C22H33NO. The van der Waals surface area contributed by atoms with E-state index in [0.29, 0.717) is 11.3 Å². The van der Waals surface area contributed by atoms with Gasteiger partial charge in [-0.25, -0.2) is 0 Å². The predicted molar refractivity (Wildman–Crippen MR) is 99.2 cm³/mol. The van der Waals surface area contributed by atoms with Gasteiger partial charge in [0.25, 0.3) is 0 Å². The first-order valence-corrected chi connectivity index (χ1v) is 10.2. The molecule has 7 unspecified atom stereocenters. The molecule has 0 aromatic carbocycles. The fraction of sp³-hybridized carbons (Fsp3) is 0.773. The topological polar surface area (TPSA) is 32.6 Å². The van der Waals surface area contributed by atoms with E-state index >= 15 is 0 Å². The minimum absolute atomic E-state index is 0.607. The summed E-state index contributed by atoms with van der Waals surface area (Å²) >= 11 is 0. The van der Waals surface area contributed by atoms with E-state index in [0.717, 1.165) is 48.1 Å². The molecule has 3 fully saturated rings. The van der Waals surface area contributed by atoms with Crippen LogP contribution in [0.15, 0.2) is 29.5 Å². The van der Waals surface area contributed by atoms with Gasteiger partial charge in [-0.3, -0.25) is 0 Å². The lowest BCUT2D eigenvalue weighted by Crippen LogP contribution is -2.50. The number of rotatable bonds is 2. The number of hydrogen-bond donors (Lipinski definition) is 1. The molecule has 0 aliphatic heterocycles. The number of oxime groups is 1. The molecule has 132 valence electrons. The summed E-state index contributed by atoms with van der Waals surface area (Å²) in [7, 11) is 0. The molecule has 2 heteroatoms. The molecule has 7 atom stereocenters. The fourth-order valence-corrected chi connectivity index (χ4v) is 7.49. The van der Waals surface area contributed by atoms with Gasteiger partial charge in [0.15, 0.2) is 0 Å². The number of nitrogens with zero attached hydrogens (tertiary/aromatic N) is 1. The molecule has 2 nitrogen and oxygen atoms in total. The molecule has 0 heterocycles. The van der Waals surface area contributed by atoms with Crippen LogP contribution in [0.25, 0.3) is 0 Å². The zero-order valence-corrected chi connectivity index (χ0v) is 15.4. The third kappa shape index (κ3) is 2.17. The number of allylic oxidation sites excluding steroid dienone is 3. The van der Waals surface area contributed by atoms with Gasteiger partial charge in [-0.15, -0.1) is 6.58 Å². The third-order valence-corrected chi connectivity index (χ3v) is 8.64. The van der Waals surface area contributed by atoms with Gasteiger partial charge in [0, 0.05) is 0 Å². The SMILES string of the molecule is C=CC1CC2=C/C(=N/O)CCC2C2CCC3(CC)C(C)CCC3C12. The summed E-state index contributed by atoms with van der Waals surface area (Å²) in [5.74, 6) is 4.85. The van der Waals surface area contributed by atoms with E-state index in [2.05, 4.69) is 37.7 Å². The van der Waals surface area contributed by atoms with Crippen molar-refractivity contribution in [2.24, 2.45) is 46.1 Å². The highest BCUT2D eigenvalue weighted by Crippen LogP contribution is 2.66. The zero-order valence-electron chi connectivity index (χ0n) is 15.4. The number of fused-ring (bicyclic) bond motifs is 5. The van der Waals surface area contributed by atoms with Gasteiger partial charge in [0.05, 0.1) is 5.71 Å². The van der Waals surface area contributed by atoms with E-state index in [-0.39, 0.29) is 0 Å². The molecule has 1 N–H and O–H groups in total. The van der Waals surface area contributed by atoms with Crippen molar-refractivity contribution >= 4 is 5.71 Å². The molecule has 4 aliphatic rings. The molecule has 0 aromatic rings. The monoisotopic (exact) mass is 327 g/mol. The summed E-state index contributed by atoms with van der Waals surface area (Å²) in [5, 5.41) is 12.7. The molecule has 0 aromatic heterocycles. The summed E-state index contributed by atoms with van der Waals surface area (Å²) < 4.78 is 0. The van der Waals surface area contributed by atoms with Crippen molar-refractivity contribution in [1.82, 2.24) is 0 Å². The number of hydrogen-bond acceptors (Lipinski definition) is 2. The van der Waals surface area contributed by atoms with Gasteiger partial charge in [0.1, 0.15) is 0 Å². The average Bonchev–Trinajstić information content (AvgIpc) is 2.97. The van der Waals surface area contributed by atoms with Crippen molar-refractivity contribution < 1.29 is 5.21 Å². The molecule has 3 saturated carbocycles. The molecule has 0 saturated heterocycles. The van der Waals surface area contributed by atoms with E-state index in [1.165, 1.54) is 38.5 Å². The largest absolute Gasteiger partial charge is 0.411 e. The van der Waals surface area contributed by atoms with E-state index < -0.39 is 0 Å². The molecule has 0 amide bonds. The summed E-state index contributed by atoms with van der Waals surface area (Å²) in [5.41, 5.74) is 3.04. The summed E-state index contributed by atoms with van der Waals surface area (Å²) in [6.45, 7) is 9.19. The Bertz CT molecular complexity index is 577. The van der Waals surface area contributed by atoms with Gasteiger partial charge < -0.3 is 5.21 Å². The molecule has 0 spiro atoms. The second-order valence-electron chi connectivity index (χ2n) is 9.01. The molecule has 0 radical (unpaired) electrons. The van der Waals surface area contributed by atoms with Crippen LogP contribution in [-0.2, 0) is 0 Å². The normalized spacial score (nSPS) is 49.1. The predicted octanol–water partition coefficient (Wildman–Crippen LogP) is 5.83. The van der Waals surface area contributed by atoms with Crippen LogP contribution in [-0.4, -0.2) is 10.9 Å². The highest BCUT2D eigenvalue weighted by Gasteiger charge is 2.58. The van der Waals surface area contributed by atoms with Crippen molar-refractivity contribution in [3.63, 3.8) is 0 Å². The van der Waals surface area contributed by atoms with Crippen LogP contribution in [0, 0.1) is 40.9 Å². The molecule has 0 bridgehead atoms. The van der Waals surface area contributed by atoms with Gasteiger partial charge in [-0.05, 0) is 98.4 Å². The maximum absolute atomic E-state index is 9.18. The standard InChI is InChI=1S/C22H33NO/c1-4-15-12-16-13-17(23-24)7-8-18(16)19-10-11-22(5-2)14(3)6-9-20(22)21(15)19/h4,13-15,18-21,24H,1,5-12H2,2-3H3/b23-17+. The van der Waals surface area contributed by atoms with Crippen LogP contribution in [0.1, 0.15) is 65.2 Å². The Kier molecular flexibility index (Phi) is 4.13. The van der Waals surface area contributed by atoms with Crippen LogP contribution in [0.2, 0.25) is 0 Å². The molecular weight excluding hydrogens is 294 g/mol. The molecule has 4 aliphatic carbocycles. The smallest absolute Gasteiger partial charge is 0.0795 e. The Hall–Kier alpha value is -1.05. The van der Waals surface area contributed by atoms with E-state index in [4.69, 9.17) is 0 Å². The van der Waals surface area contributed by atoms with Crippen molar-refractivity contribution in [1.29, 1.82) is 0 Å². The zero-order chi connectivity index (χ0) is 16.9. The van der Waals surface area contributed by atoms with Gasteiger partial charge >= 0.3 is 0 Å². The highest BCUT2D eigenvalue weighted by atomic mass is 16.4. The Morgan fingerprint density at radius 2 is 2.17 bits per heavy atom. The van der Waals surface area contributed by atoms with Crippen molar-refractivity contribution in [2.75, 3.05) is 0 Å². The van der Waals surface area contributed by atoms with Gasteiger partial charge in [-0.1, -0.05) is 30.7 Å². The van der Waals surface area contributed by atoms with Crippen molar-refractivity contribution in [3.8, 4) is 0 Å². The lowest BCUT2D eigenvalue weighted by molar-refractivity contribution is -0.0479. The van der Waals surface area contributed by atoms with Crippen molar-refractivity contribution in [2.45, 2.75) is 65.2 Å². The summed E-state index contributed by atoms with van der Waals surface area (Å²) in [6.07, 6.45) is 14.8. The lowest BCUT2D eigenvalue weighted by atomic mass is 9.48. The maximum atomic E-state index is 9.18. The second kappa shape index (κ2) is 6.04. The minimum atomic E-state index is 0.607. The van der Waals surface area contributed by atoms with Gasteiger partial charge in [0.2, 0.25) is 0 Å². The van der Waals surface area contributed by atoms with Crippen LogP contribution in [0.3, 0.4) is 0 Å². The Morgan fingerprint density at radius 3 is 2.88 bits per heavy atom. The third-order valence-electron chi connectivity index (χ3n) is 8.64. The van der Waals surface area contributed by atoms with Crippen LogP contribution in [0.4, 0.5) is 0 Å². The first-order chi connectivity index (χ1) is 11.6. The Labute approximate surface area is 147 Å². The van der Waals surface area contributed by atoms with Gasteiger partial charge in [-0.2, -0.15) is 0 Å². The Morgan fingerprint density at radius 1 is 1.33 bits per heavy atom. The van der Waals surface area contributed by atoms with Crippen LogP contribution < -0.4 is 0 Å². The van der Waals surface area contributed by atoms with Crippen molar-refractivity contribution in [3.05, 3.63) is 24.3 Å². The lowest BCUT2D eigenvalue weighted by Gasteiger charge is -2.57. The highest BCUT2D eigenvalue weighted by molar-refractivity contribution is 5.96. The van der Waals surface area contributed by atoms with E-state index in [9.17, 15) is 5.21 Å². The minimum Gasteiger partial charge on any atom is -0.411 e. The van der Waals surface area contributed by atoms with E-state index in [1.807, 2.05) is 0 Å². The molecule has 4 rings (SSSR count). The average molecular weight is 328 g/mol. The maximum Gasteiger partial charge on any atom is 0.0795 e. The first-order valence-electron chi connectivity index (χ1n) is 10.2. The molecule has 24 heavy (non-hydrogen) atoms. The van der Waals surface area contributed by atoms with E-state index in [1.54, 1.807) is 5.57 Å². The van der Waals surface area contributed by atoms with Crippen LogP contribution in [0.5, 0.6) is 0 Å².